The second kappa shape index (κ2) is 3.51. The van der Waals surface area contributed by atoms with Gasteiger partial charge in [-0.05, 0) is 12.2 Å². The predicted molar refractivity (Wildman–Crippen MR) is 52.6 cm³/mol. The molecule has 0 spiro atoms. The van der Waals surface area contributed by atoms with E-state index in [0.717, 1.165) is 29.2 Å². The lowest BCUT2D eigenvalue weighted by Gasteiger charge is -2.13. The summed E-state index contributed by atoms with van der Waals surface area (Å²) in [6, 6.07) is 0. The number of thioether (sulfide) groups is 1. The van der Waals surface area contributed by atoms with Crippen LogP contribution in [0.3, 0.4) is 0 Å². The van der Waals surface area contributed by atoms with Crippen molar-refractivity contribution in [3.8, 4) is 0 Å². The Labute approximate surface area is 79.9 Å². The quantitative estimate of drug-likeness (QED) is 0.665. The molecule has 0 atom stereocenters. The Bertz CT molecular complexity index is 374. The standard InChI is InChI=1S/C8H11N3OS/c9-3-7-10-6-1-2-13-4-5(6)8(12)11-7/h1-4,9H2,(H,10,11,12). The monoisotopic (exact) mass is 197 g/mol. The maximum atomic E-state index is 11.5. The van der Waals surface area contributed by atoms with Gasteiger partial charge in [0.1, 0.15) is 5.82 Å². The van der Waals surface area contributed by atoms with E-state index >= 15 is 0 Å². The predicted octanol–water partition coefficient (Wildman–Crippen LogP) is 0.0179. The third-order valence-corrected chi connectivity index (χ3v) is 3.06. The highest BCUT2D eigenvalue weighted by atomic mass is 32.2. The average molecular weight is 197 g/mol. The first-order valence-corrected chi connectivity index (χ1v) is 5.35. The minimum absolute atomic E-state index is 0.0161. The van der Waals surface area contributed by atoms with Crippen molar-refractivity contribution in [2.24, 2.45) is 5.73 Å². The number of nitrogens with two attached hydrogens (primary N) is 1. The molecule has 0 saturated carbocycles. The molecule has 70 valence electrons. The van der Waals surface area contributed by atoms with E-state index in [1.54, 1.807) is 11.8 Å². The molecule has 0 saturated heterocycles. The van der Waals surface area contributed by atoms with Gasteiger partial charge in [0.05, 0.1) is 12.2 Å². The van der Waals surface area contributed by atoms with Gasteiger partial charge in [-0.1, -0.05) is 0 Å². The molecule has 13 heavy (non-hydrogen) atoms. The Morgan fingerprint density at radius 2 is 2.46 bits per heavy atom. The number of hydrogen-bond donors (Lipinski definition) is 2. The number of nitrogens with one attached hydrogen (secondary N) is 1. The number of fused-ring (bicyclic) bond motifs is 1. The summed E-state index contributed by atoms with van der Waals surface area (Å²) in [4.78, 5) is 18.5. The molecule has 0 fully saturated rings. The summed E-state index contributed by atoms with van der Waals surface area (Å²) < 4.78 is 0. The van der Waals surface area contributed by atoms with Gasteiger partial charge >= 0.3 is 0 Å². The molecular weight excluding hydrogens is 186 g/mol. The van der Waals surface area contributed by atoms with Crippen LogP contribution in [-0.2, 0) is 18.7 Å². The van der Waals surface area contributed by atoms with Crippen LogP contribution in [0, 0.1) is 0 Å². The van der Waals surface area contributed by atoms with E-state index in [2.05, 4.69) is 9.97 Å². The molecule has 1 aliphatic rings. The van der Waals surface area contributed by atoms with Crippen molar-refractivity contribution in [2.45, 2.75) is 18.7 Å². The summed E-state index contributed by atoms with van der Waals surface area (Å²) in [6.07, 6.45) is 0.886. The van der Waals surface area contributed by atoms with E-state index < -0.39 is 0 Å². The van der Waals surface area contributed by atoms with Crippen LogP contribution in [0.4, 0.5) is 0 Å². The number of aromatic amines is 1. The van der Waals surface area contributed by atoms with Gasteiger partial charge in [-0.25, -0.2) is 4.98 Å². The first-order chi connectivity index (χ1) is 6.31. The molecule has 1 aliphatic heterocycles. The first kappa shape index (κ1) is 8.77. The van der Waals surface area contributed by atoms with Gasteiger partial charge in [0.2, 0.25) is 0 Å². The zero-order valence-electron chi connectivity index (χ0n) is 7.17. The van der Waals surface area contributed by atoms with Crippen LogP contribution in [0.15, 0.2) is 4.79 Å². The first-order valence-electron chi connectivity index (χ1n) is 4.20. The molecule has 0 aromatic carbocycles. The zero-order chi connectivity index (χ0) is 9.26. The van der Waals surface area contributed by atoms with Crippen molar-refractivity contribution >= 4 is 11.8 Å². The molecule has 0 bridgehead atoms. The van der Waals surface area contributed by atoms with Crippen molar-refractivity contribution in [3.63, 3.8) is 0 Å². The SMILES string of the molecule is NCc1nc2c(c(=O)[nH]1)CSCC2. The van der Waals surface area contributed by atoms with E-state index in [1.165, 1.54) is 0 Å². The van der Waals surface area contributed by atoms with Gasteiger partial charge < -0.3 is 10.7 Å². The molecule has 0 radical (unpaired) electrons. The highest BCUT2D eigenvalue weighted by molar-refractivity contribution is 7.98. The number of aromatic nitrogens is 2. The van der Waals surface area contributed by atoms with Crippen LogP contribution in [-0.4, -0.2) is 15.7 Å². The summed E-state index contributed by atoms with van der Waals surface area (Å²) in [5, 5.41) is 0. The smallest absolute Gasteiger partial charge is 0.255 e. The third-order valence-electron chi connectivity index (χ3n) is 2.07. The summed E-state index contributed by atoms with van der Waals surface area (Å²) in [6.45, 7) is 0.301. The van der Waals surface area contributed by atoms with Gasteiger partial charge in [0.25, 0.3) is 5.56 Å². The molecule has 4 nitrogen and oxygen atoms in total. The van der Waals surface area contributed by atoms with Crippen molar-refractivity contribution in [2.75, 3.05) is 5.75 Å². The van der Waals surface area contributed by atoms with Gasteiger partial charge in [0, 0.05) is 11.3 Å². The van der Waals surface area contributed by atoms with E-state index in [1.807, 2.05) is 0 Å². The number of hydrogen-bond acceptors (Lipinski definition) is 4. The van der Waals surface area contributed by atoms with E-state index in [4.69, 9.17) is 5.73 Å². The molecule has 2 heterocycles. The van der Waals surface area contributed by atoms with Crippen LogP contribution in [0.5, 0.6) is 0 Å². The summed E-state index contributed by atoms with van der Waals surface area (Å²) >= 11 is 1.77. The second-order valence-electron chi connectivity index (χ2n) is 2.94. The van der Waals surface area contributed by atoms with Crippen molar-refractivity contribution in [3.05, 3.63) is 27.4 Å². The van der Waals surface area contributed by atoms with Gasteiger partial charge in [0.15, 0.2) is 0 Å². The highest BCUT2D eigenvalue weighted by Crippen LogP contribution is 2.19. The number of nitrogens with zero attached hydrogens (tertiary/aromatic N) is 1. The summed E-state index contributed by atoms with van der Waals surface area (Å²) in [5.74, 6) is 2.42. The number of rotatable bonds is 1. The lowest BCUT2D eigenvalue weighted by Crippen LogP contribution is -2.23. The normalized spacial score (nSPS) is 15.5. The van der Waals surface area contributed by atoms with Crippen LogP contribution in [0.25, 0.3) is 0 Å². The summed E-state index contributed by atoms with van der Waals surface area (Å²) in [7, 11) is 0. The Balaban J connectivity index is 2.53. The Kier molecular flexibility index (Phi) is 2.37. The molecule has 1 aromatic rings. The topological polar surface area (TPSA) is 71.8 Å². The van der Waals surface area contributed by atoms with Crippen LogP contribution >= 0.6 is 11.8 Å². The average Bonchev–Trinajstić information content (AvgIpc) is 2.18. The maximum absolute atomic E-state index is 11.5. The lowest BCUT2D eigenvalue weighted by atomic mass is 10.2. The lowest BCUT2D eigenvalue weighted by molar-refractivity contribution is 0.831. The van der Waals surface area contributed by atoms with Crippen molar-refractivity contribution in [1.29, 1.82) is 0 Å². The zero-order valence-corrected chi connectivity index (χ0v) is 7.99. The third kappa shape index (κ3) is 1.62. The van der Waals surface area contributed by atoms with E-state index in [-0.39, 0.29) is 5.56 Å². The van der Waals surface area contributed by atoms with E-state index in [0.29, 0.717) is 12.4 Å². The van der Waals surface area contributed by atoms with Crippen LogP contribution in [0.1, 0.15) is 17.1 Å². The molecule has 2 rings (SSSR count). The minimum atomic E-state index is -0.0161. The molecule has 1 aromatic heterocycles. The fourth-order valence-corrected chi connectivity index (χ4v) is 2.38. The molecule has 0 unspecified atom stereocenters. The van der Waals surface area contributed by atoms with Gasteiger partial charge in [-0.15, -0.1) is 0 Å². The van der Waals surface area contributed by atoms with Crippen molar-refractivity contribution < 1.29 is 0 Å². The van der Waals surface area contributed by atoms with Gasteiger partial charge in [-0.2, -0.15) is 11.8 Å². The fourth-order valence-electron chi connectivity index (χ4n) is 1.39. The highest BCUT2D eigenvalue weighted by Gasteiger charge is 2.14. The van der Waals surface area contributed by atoms with E-state index in [9.17, 15) is 4.79 Å². The fraction of sp³-hybridized carbons (Fsp3) is 0.500. The molecule has 0 amide bonds. The van der Waals surface area contributed by atoms with Crippen LogP contribution in [0.2, 0.25) is 0 Å². The largest absolute Gasteiger partial charge is 0.324 e. The maximum Gasteiger partial charge on any atom is 0.255 e. The Hall–Kier alpha value is -0.810. The summed E-state index contributed by atoms with van der Waals surface area (Å²) in [5.41, 5.74) is 7.16. The molecule has 3 N–H and O–H groups in total. The Morgan fingerprint density at radius 1 is 1.62 bits per heavy atom. The molecular formula is C8H11N3OS. The molecule has 5 heteroatoms. The molecule has 0 aliphatic carbocycles. The minimum Gasteiger partial charge on any atom is -0.324 e. The van der Waals surface area contributed by atoms with Gasteiger partial charge in [-0.3, -0.25) is 4.79 Å². The number of H-pyrrole nitrogens is 1. The van der Waals surface area contributed by atoms with Crippen LogP contribution < -0.4 is 11.3 Å². The second-order valence-corrected chi connectivity index (χ2v) is 4.05. The van der Waals surface area contributed by atoms with Crippen molar-refractivity contribution in [1.82, 2.24) is 9.97 Å². The Morgan fingerprint density at radius 3 is 3.23 bits per heavy atom. The number of aryl methyl sites for hydroxylation is 1.